The van der Waals surface area contributed by atoms with Crippen molar-refractivity contribution in [2.45, 2.75) is 20.8 Å². The van der Waals surface area contributed by atoms with Crippen molar-refractivity contribution in [2.24, 2.45) is 0 Å². The predicted molar refractivity (Wildman–Crippen MR) is 91.6 cm³/mol. The molecule has 0 aliphatic heterocycles. The first-order valence-corrected chi connectivity index (χ1v) is 8.16. The first-order chi connectivity index (χ1) is 9.97. The molecule has 0 atom stereocenters. The molecule has 1 aromatic carbocycles. The number of aromatic nitrogens is 2. The van der Waals surface area contributed by atoms with Crippen molar-refractivity contribution in [2.75, 3.05) is 13.1 Å². The molecule has 0 aliphatic carbocycles. The van der Waals surface area contributed by atoms with Gasteiger partial charge in [0.1, 0.15) is 0 Å². The SMILES string of the molecule is CC[N+](CC)(C(C)=N)c1nsnc1-c1c(Cl)cccc1Cl. The van der Waals surface area contributed by atoms with Gasteiger partial charge in [-0.2, -0.15) is 4.37 Å². The van der Waals surface area contributed by atoms with Gasteiger partial charge in [0, 0.05) is 12.5 Å². The zero-order chi connectivity index (χ0) is 15.6. The minimum absolute atomic E-state index is 0.355. The van der Waals surface area contributed by atoms with E-state index in [1.54, 1.807) is 25.1 Å². The lowest BCUT2D eigenvalue weighted by Gasteiger charge is -2.32. The Balaban J connectivity index is 2.71. The van der Waals surface area contributed by atoms with Gasteiger partial charge in [-0.25, -0.2) is 4.48 Å². The van der Waals surface area contributed by atoms with Crippen molar-refractivity contribution >= 4 is 46.6 Å². The number of benzene rings is 1. The van der Waals surface area contributed by atoms with Crippen LogP contribution in [0.4, 0.5) is 5.82 Å². The largest absolute Gasteiger partial charge is 0.273 e. The first kappa shape index (κ1) is 16.4. The van der Waals surface area contributed by atoms with Gasteiger partial charge in [-0.3, -0.25) is 5.41 Å². The zero-order valence-electron chi connectivity index (χ0n) is 12.2. The quantitative estimate of drug-likeness (QED) is 0.489. The number of amidine groups is 1. The van der Waals surface area contributed by atoms with Gasteiger partial charge in [-0.05, 0) is 26.0 Å². The molecule has 0 unspecified atom stereocenters. The maximum Gasteiger partial charge on any atom is 0.273 e. The molecular weight excluding hydrogens is 327 g/mol. The molecule has 2 rings (SSSR count). The molecule has 0 radical (unpaired) electrons. The number of quaternary nitrogens is 1. The third-order valence-electron chi connectivity index (χ3n) is 3.80. The van der Waals surface area contributed by atoms with Gasteiger partial charge >= 0.3 is 0 Å². The van der Waals surface area contributed by atoms with Crippen LogP contribution in [0.1, 0.15) is 20.8 Å². The van der Waals surface area contributed by atoms with Crippen molar-refractivity contribution in [3.63, 3.8) is 0 Å². The molecule has 2 aromatic rings. The molecule has 0 fully saturated rings. The van der Waals surface area contributed by atoms with Crippen LogP contribution < -0.4 is 4.48 Å². The van der Waals surface area contributed by atoms with E-state index < -0.39 is 0 Å². The molecule has 0 saturated carbocycles. The van der Waals surface area contributed by atoms with Gasteiger partial charge < -0.3 is 0 Å². The molecule has 0 aliphatic rings. The summed E-state index contributed by atoms with van der Waals surface area (Å²) in [6, 6.07) is 5.38. The highest BCUT2D eigenvalue weighted by molar-refractivity contribution is 6.99. The summed E-state index contributed by atoms with van der Waals surface area (Å²) in [5.41, 5.74) is 1.36. The Kier molecular flexibility index (Phi) is 4.99. The summed E-state index contributed by atoms with van der Waals surface area (Å²) in [5.74, 6) is 1.27. The second-order valence-electron chi connectivity index (χ2n) is 4.72. The first-order valence-electron chi connectivity index (χ1n) is 6.68. The summed E-state index contributed by atoms with van der Waals surface area (Å²) in [7, 11) is 0. The monoisotopic (exact) mass is 343 g/mol. The molecule has 1 N–H and O–H groups in total. The summed E-state index contributed by atoms with van der Waals surface area (Å²) >= 11 is 13.7. The van der Waals surface area contributed by atoms with Crippen molar-refractivity contribution in [1.29, 1.82) is 5.41 Å². The van der Waals surface area contributed by atoms with Crippen LogP contribution >= 0.6 is 34.9 Å². The number of hydrogen-bond donors (Lipinski definition) is 1. The predicted octanol–water partition coefficient (Wildman–Crippen LogP) is 4.86. The highest BCUT2D eigenvalue weighted by Gasteiger charge is 2.37. The normalized spacial score (nSPS) is 11.7. The van der Waals surface area contributed by atoms with E-state index in [0.717, 1.165) is 30.6 Å². The van der Waals surface area contributed by atoms with Crippen LogP contribution in [0.5, 0.6) is 0 Å². The number of nitrogens with one attached hydrogen (secondary N) is 1. The fourth-order valence-electron chi connectivity index (χ4n) is 2.50. The van der Waals surface area contributed by atoms with E-state index in [1.165, 1.54) is 0 Å². The van der Waals surface area contributed by atoms with E-state index >= 15 is 0 Å². The Morgan fingerprint density at radius 1 is 1.19 bits per heavy atom. The van der Waals surface area contributed by atoms with Gasteiger partial charge in [0.15, 0.2) is 11.5 Å². The summed E-state index contributed by atoms with van der Waals surface area (Å²) in [5, 5.41) is 9.28. The average molecular weight is 344 g/mol. The van der Waals surface area contributed by atoms with Gasteiger partial charge in [0.05, 0.1) is 34.9 Å². The van der Waals surface area contributed by atoms with Gasteiger partial charge in [0.2, 0.25) is 0 Å². The highest BCUT2D eigenvalue weighted by atomic mass is 35.5. The molecule has 0 bridgehead atoms. The van der Waals surface area contributed by atoms with Crippen molar-refractivity contribution < 1.29 is 0 Å². The molecular formula is C14H17Cl2N4S+. The van der Waals surface area contributed by atoms with E-state index in [2.05, 4.69) is 8.75 Å². The van der Waals surface area contributed by atoms with E-state index in [1.807, 2.05) is 13.8 Å². The van der Waals surface area contributed by atoms with Gasteiger partial charge in [-0.1, -0.05) is 29.3 Å². The Labute approximate surface area is 138 Å². The molecule has 4 nitrogen and oxygen atoms in total. The third-order valence-corrected chi connectivity index (χ3v) is 4.95. The lowest BCUT2D eigenvalue weighted by atomic mass is 10.1. The fraction of sp³-hybridized carbons (Fsp3) is 0.357. The summed E-state index contributed by atoms with van der Waals surface area (Å²) in [6.45, 7) is 7.33. The molecule has 1 aromatic heterocycles. The zero-order valence-corrected chi connectivity index (χ0v) is 14.5. The Morgan fingerprint density at radius 2 is 1.76 bits per heavy atom. The lowest BCUT2D eigenvalue weighted by molar-refractivity contribution is 0.439. The molecule has 0 amide bonds. The van der Waals surface area contributed by atoms with Crippen molar-refractivity contribution in [3.8, 4) is 11.3 Å². The number of halogens is 2. The van der Waals surface area contributed by atoms with Gasteiger partial charge in [0.25, 0.3) is 5.82 Å². The van der Waals surface area contributed by atoms with Crippen LogP contribution in [0.3, 0.4) is 0 Å². The summed E-state index contributed by atoms with van der Waals surface area (Å²) in [6.07, 6.45) is 0. The standard InChI is InChI=1S/C14H17Cl2N4S/c1-4-20(5-2,9(3)17)14-13(18-21-19-14)12-10(15)7-6-8-11(12)16/h6-8,17H,4-5H2,1-3H3/q+1. The molecule has 0 spiro atoms. The second-order valence-corrected chi connectivity index (χ2v) is 6.06. The third kappa shape index (κ3) is 2.71. The van der Waals surface area contributed by atoms with E-state index in [0.29, 0.717) is 31.6 Å². The Morgan fingerprint density at radius 3 is 2.24 bits per heavy atom. The topological polar surface area (TPSA) is 49.6 Å². The molecule has 7 heteroatoms. The van der Waals surface area contributed by atoms with E-state index in [-0.39, 0.29) is 0 Å². The minimum atomic E-state index is 0.355. The van der Waals surface area contributed by atoms with Crippen LogP contribution in [0.15, 0.2) is 18.2 Å². The van der Waals surface area contributed by atoms with Crippen LogP contribution in [0.25, 0.3) is 11.3 Å². The second kappa shape index (κ2) is 6.40. The highest BCUT2D eigenvalue weighted by Crippen LogP contribution is 2.40. The number of nitrogens with zero attached hydrogens (tertiary/aromatic N) is 3. The van der Waals surface area contributed by atoms with Crippen LogP contribution in [-0.4, -0.2) is 27.7 Å². The molecule has 21 heavy (non-hydrogen) atoms. The number of rotatable bonds is 4. The van der Waals surface area contributed by atoms with Crippen LogP contribution in [0.2, 0.25) is 10.0 Å². The lowest BCUT2D eigenvalue weighted by Crippen LogP contribution is -2.53. The summed E-state index contributed by atoms with van der Waals surface area (Å²) in [4.78, 5) is 0. The average Bonchev–Trinajstić information content (AvgIpc) is 2.90. The maximum absolute atomic E-state index is 8.19. The van der Waals surface area contributed by atoms with E-state index in [9.17, 15) is 0 Å². The molecule has 0 saturated heterocycles. The maximum atomic E-state index is 8.19. The molecule has 1 heterocycles. The molecule has 112 valence electrons. The summed E-state index contributed by atoms with van der Waals surface area (Å²) < 4.78 is 9.21. The van der Waals surface area contributed by atoms with Crippen molar-refractivity contribution in [3.05, 3.63) is 28.2 Å². The Hall–Kier alpha value is -1.01. The van der Waals surface area contributed by atoms with Crippen LogP contribution in [0, 0.1) is 5.41 Å². The van der Waals surface area contributed by atoms with Crippen LogP contribution in [-0.2, 0) is 0 Å². The van der Waals surface area contributed by atoms with E-state index in [4.69, 9.17) is 28.6 Å². The van der Waals surface area contributed by atoms with Gasteiger partial charge in [-0.15, -0.1) is 4.37 Å². The smallest absolute Gasteiger partial charge is 0.254 e. The minimum Gasteiger partial charge on any atom is -0.254 e. The fourth-order valence-corrected chi connectivity index (χ4v) is 3.69. The van der Waals surface area contributed by atoms with Crippen molar-refractivity contribution in [1.82, 2.24) is 13.2 Å². The Bertz CT molecular complexity index is 644. The number of hydrogen-bond acceptors (Lipinski definition) is 4.